The molecule has 0 aromatic heterocycles. The van der Waals surface area contributed by atoms with Crippen LogP contribution in [-0.2, 0) is 9.53 Å². The number of para-hydroxylation sites is 1. The van der Waals surface area contributed by atoms with E-state index in [2.05, 4.69) is 0 Å². The summed E-state index contributed by atoms with van der Waals surface area (Å²) >= 11 is 5.81. The van der Waals surface area contributed by atoms with E-state index in [1.54, 1.807) is 31.2 Å². The molecule has 1 atom stereocenters. The summed E-state index contributed by atoms with van der Waals surface area (Å²) in [5.74, 6) is -0.0347. The maximum absolute atomic E-state index is 11.1. The molecule has 0 N–H and O–H groups in total. The Labute approximate surface area is 105 Å². The van der Waals surface area contributed by atoms with Crippen LogP contribution in [0.5, 0.6) is 5.75 Å². The Balaban J connectivity index is 2.71. The molecule has 17 heavy (non-hydrogen) atoms. The molecule has 1 aromatic carbocycles. The van der Waals surface area contributed by atoms with Crippen LogP contribution in [0.2, 0.25) is 0 Å². The van der Waals surface area contributed by atoms with Crippen LogP contribution in [0.1, 0.15) is 17.9 Å². The summed E-state index contributed by atoms with van der Waals surface area (Å²) < 4.78 is 9.99. The number of alkyl halides is 1. The number of nitriles is 1. The molecule has 1 aromatic rings. The van der Waals surface area contributed by atoms with Gasteiger partial charge in [-0.1, -0.05) is 18.2 Å². The van der Waals surface area contributed by atoms with E-state index in [0.717, 1.165) is 0 Å². The van der Waals surface area contributed by atoms with Gasteiger partial charge in [0.15, 0.2) is 6.61 Å². The zero-order valence-corrected chi connectivity index (χ0v) is 10.1. The molecule has 0 heterocycles. The Hall–Kier alpha value is -1.73. The minimum Gasteiger partial charge on any atom is -0.482 e. The smallest absolute Gasteiger partial charge is 0.344 e. The first-order chi connectivity index (χ1) is 8.19. The van der Waals surface area contributed by atoms with Crippen molar-refractivity contribution in [3.63, 3.8) is 0 Å². The molecule has 0 bridgehead atoms. The zero-order valence-electron chi connectivity index (χ0n) is 9.35. The molecule has 0 radical (unpaired) electrons. The Bertz CT molecular complexity index is 428. The lowest BCUT2D eigenvalue weighted by Gasteiger charge is -2.10. The molecule has 0 aliphatic carbocycles. The van der Waals surface area contributed by atoms with Crippen LogP contribution in [0.15, 0.2) is 24.3 Å². The lowest BCUT2D eigenvalue weighted by molar-refractivity contribution is -0.145. The van der Waals surface area contributed by atoms with Crippen LogP contribution in [0, 0.1) is 11.3 Å². The molecule has 1 unspecified atom stereocenters. The van der Waals surface area contributed by atoms with Gasteiger partial charge in [-0.25, -0.2) is 4.79 Å². The van der Waals surface area contributed by atoms with Gasteiger partial charge in [0.2, 0.25) is 0 Å². The minimum absolute atomic E-state index is 0.195. The number of halogens is 1. The Kier molecular flexibility index (Phi) is 5.31. The van der Waals surface area contributed by atoms with Gasteiger partial charge in [0, 0.05) is 5.56 Å². The average molecular weight is 254 g/mol. The first-order valence-corrected chi connectivity index (χ1v) is 5.53. The molecular weight excluding hydrogens is 242 g/mol. The number of carbonyl (C=O) groups is 1. The van der Waals surface area contributed by atoms with E-state index >= 15 is 0 Å². The Morgan fingerprint density at radius 2 is 2.24 bits per heavy atom. The molecule has 0 saturated heterocycles. The van der Waals surface area contributed by atoms with Gasteiger partial charge in [-0.05, 0) is 13.0 Å². The van der Waals surface area contributed by atoms with Crippen molar-refractivity contribution >= 4 is 17.6 Å². The summed E-state index contributed by atoms with van der Waals surface area (Å²) in [6, 6.07) is 8.73. The second kappa shape index (κ2) is 6.77. The number of rotatable bonds is 5. The third kappa shape index (κ3) is 3.97. The van der Waals surface area contributed by atoms with Crippen molar-refractivity contribution in [2.24, 2.45) is 0 Å². The highest BCUT2D eigenvalue weighted by molar-refractivity contribution is 6.22. The molecule has 0 aliphatic rings. The van der Waals surface area contributed by atoms with E-state index in [1.165, 1.54) is 0 Å². The van der Waals surface area contributed by atoms with Crippen molar-refractivity contribution in [2.45, 2.75) is 12.3 Å². The summed E-state index contributed by atoms with van der Waals surface area (Å²) in [6.07, 6.45) is 0. The highest BCUT2D eigenvalue weighted by Gasteiger charge is 2.13. The van der Waals surface area contributed by atoms with E-state index in [-0.39, 0.29) is 6.61 Å². The lowest BCUT2D eigenvalue weighted by atomic mass is 10.1. The summed E-state index contributed by atoms with van der Waals surface area (Å²) in [6.45, 7) is 1.83. The number of esters is 1. The van der Waals surface area contributed by atoms with E-state index < -0.39 is 11.3 Å². The molecule has 0 fully saturated rings. The fourth-order valence-corrected chi connectivity index (χ4v) is 1.41. The van der Waals surface area contributed by atoms with Crippen LogP contribution in [0.4, 0.5) is 0 Å². The van der Waals surface area contributed by atoms with Crippen LogP contribution >= 0.6 is 11.6 Å². The van der Waals surface area contributed by atoms with Crippen molar-refractivity contribution in [3.05, 3.63) is 29.8 Å². The van der Waals surface area contributed by atoms with Gasteiger partial charge < -0.3 is 9.47 Å². The molecule has 5 heteroatoms. The molecule has 1 rings (SSSR count). The van der Waals surface area contributed by atoms with E-state index in [9.17, 15) is 4.79 Å². The molecule has 0 amide bonds. The predicted octanol–water partition coefficient (Wildman–Crippen LogP) is 2.43. The Morgan fingerprint density at radius 3 is 2.88 bits per heavy atom. The van der Waals surface area contributed by atoms with Gasteiger partial charge >= 0.3 is 5.97 Å². The highest BCUT2D eigenvalue weighted by Crippen LogP contribution is 2.28. The first-order valence-electron chi connectivity index (χ1n) is 5.10. The van der Waals surface area contributed by atoms with E-state index in [1.807, 2.05) is 6.07 Å². The number of ether oxygens (including phenoxy) is 2. The summed E-state index contributed by atoms with van der Waals surface area (Å²) in [5.41, 5.74) is 0.543. The summed E-state index contributed by atoms with van der Waals surface area (Å²) in [7, 11) is 0. The lowest BCUT2D eigenvalue weighted by Crippen LogP contribution is -2.15. The van der Waals surface area contributed by atoms with E-state index in [0.29, 0.717) is 17.9 Å². The standard InChI is InChI=1S/C12H12ClNO3/c1-2-16-12(15)8-17-11-6-4-3-5-9(11)10(13)7-14/h3-6,10H,2,8H2,1H3. The van der Waals surface area contributed by atoms with Gasteiger partial charge in [-0.2, -0.15) is 5.26 Å². The quantitative estimate of drug-likeness (QED) is 0.597. The van der Waals surface area contributed by atoms with Crippen LogP contribution in [0.3, 0.4) is 0 Å². The monoisotopic (exact) mass is 253 g/mol. The molecule has 0 saturated carbocycles. The normalized spacial score (nSPS) is 11.4. The number of benzene rings is 1. The third-order valence-electron chi connectivity index (χ3n) is 1.96. The number of carbonyl (C=O) groups excluding carboxylic acids is 1. The second-order valence-corrected chi connectivity index (χ2v) is 3.56. The number of nitrogens with zero attached hydrogens (tertiary/aromatic N) is 1. The van der Waals surface area contributed by atoms with Crippen LogP contribution < -0.4 is 4.74 Å². The highest BCUT2D eigenvalue weighted by atomic mass is 35.5. The minimum atomic E-state index is -0.798. The zero-order chi connectivity index (χ0) is 12.7. The first kappa shape index (κ1) is 13.3. The maximum Gasteiger partial charge on any atom is 0.344 e. The van der Waals surface area contributed by atoms with Gasteiger partial charge in [-0.15, -0.1) is 11.6 Å². The van der Waals surface area contributed by atoms with E-state index in [4.69, 9.17) is 26.3 Å². The van der Waals surface area contributed by atoms with Crippen molar-refractivity contribution < 1.29 is 14.3 Å². The van der Waals surface area contributed by atoms with Gasteiger partial charge in [0.1, 0.15) is 11.1 Å². The summed E-state index contributed by atoms with van der Waals surface area (Å²) in [4.78, 5) is 11.1. The fourth-order valence-electron chi connectivity index (χ4n) is 1.23. The topological polar surface area (TPSA) is 59.3 Å². The number of hydrogen-bond acceptors (Lipinski definition) is 4. The van der Waals surface area contributed by atoms with Crippen molar-refractivity contribution in [2.75, 3.05) is 13.2 Å². The van der Waals surface area contributed by atoms with Gasteiger partial charge in [-0.3, -0.25) is 0 Å². The van der Waals surface area contributed by atoms with Crippen molar-refractivity contribution in [1.82, 2.24) is 0 Å². The second-order valence-electron chi connectivity index (χ2n) is 3.12. The summed E-state index contributed by atoms with van der Waals surface area (Å²) in [5, 5.41) is 7.95. The van der Waals surface area contributed by atoms with Crippen LogP contribution in [0.25, 0.3) is 0 Å². The van der Waals surface area contributed by atoms with Crippen LogP contribution in [-0.4, -0.2) is 19.2 Å². The SMILES string of the molecule is CCOC(=O)COc1ccccc1C(Cl)C#N. The molecule has 0 aliphatic heterocycles. The maximum atomic E-state index is 11.1. The molecule has 90 valence electrons. The Morgan fingerprint density at radius 1 is 1.53 bits per heavy atom. The molecule has 4 nitrogen and oxygen atoms in total. The third-order valence-corrected chi connectivity index (χ3v) is 2.29. The molecular formula is C12H12ClNO3. The number of hydrogen-bond donors (Lipinski definition) is 0. The fraction of sp³-hybridized carbons (Fsp3) is 0.333. The average Bonchev–Trinajstić information content (AvgIpc) is 2.36. The van der Waals surface area contributed by atoms with Crippen molar-refractivity contribution in [1.29, 1.82) is 5.26 Å². The molecule has 0 spiro atoms. The van der Waals surface area contributed by atoms with Gasteiger partial charge in [0.25, 0.3) is 0 Å². The largest absolute Gasteiger partial charge is 0.482 e. The van der Waals surface area contributed by atoms with Gasteiger partial charge in [0.05, 0.1) is 12.7 Å². The van der Waals surface area contributed by atoms with Crippen molar-refractivity contribution in [3.8, 4) is 11.8 Å². The predicted molar refractivity (Wildman–Crippen MR) is 62.8 cm³/mol.